The van der Waals surface area contributed by atoms with Gasteiger partial charge in [0.05, 0.1) is 11.9 Å². The van der Waals surface area contributed by atoms with Gasteiger partial charge in [0.2, 0.25) is 0 Å². The summed E-state index contributed by atoms with van der Waals surface area (Å²) < 4.78 is 1.94. The normalized spacial score (nSPS) is 13.6. The Labute approximate surface area is 117 Å². The molecule has 0 amide bonds. The van der Waals surface area contributed by atoms with Gasteiger partial charge in [-0.05, 0) is 36.1 Å². The maximum absolute atomic E-state index is 4.50. The minimum Gasteiger partial charge on any atom is -0.234 e. The van der Waals surface area contributed by atoms with Crippen LogP contribution in [-0.2, 0) is 12.8 Å². The van der Waals surface area contributed by atoms with Crippen LogP contribution in [0.15, 0.2) is 48.7 Å². The first kappa shape index (κ1) is 11.4. The molecule has 1 aliphatic carbocycles. The van der Waals surface area contributed by atoms with Crippen LogP contribution < -0.4 is 0 Å². The van der Waals surface area contributed by atoms with Crippen molar-refractivity contribution >= 4 is 11.2 Å². The van der Waals surface area contributed by atoms with Crippen LogP contribution in [0, 0.1) is 6.92 Å². The van der Waals surface area contributed by atoms with E-state index in [1.165, 1.54) is 22.4 Å². The molecular weight excluding hydrogens is 246 g/mol. The largest absolute Gasteiger partial charge is 0.234 e. The number of allylic oxidation sites excluding steroid dienone is 2. The van der Waals surface area contributed by atoms with Gasteiger partial charge >= 0.3 is 0 Å². The summed E-state index contributed by atoms with van der Waals surface area (Å²) in [6, 6.07) is 12.7. The molecule has 0 spiro atoms. The Hall–Kier alpha value is -2.42. The lowest BCUT2D eigenvalue weighted by molar-refractivity contribution is 0.866. The lowest BCUT2D eigenvalue weighted by Gasteiger charge is -2.08. The van der Waals surface area contributed by atoms with E-state index in [4.69, 9.17) is 0 Å². The van der Waals surface area contributed by atoms with E-state index in [-0.39, 0.29) is 0 Å². The number of fused-ring (bicyclic) bond motifs is 2. The van der Waals surface area contributed by atoms with Crippen molar-refractivity contribution in [1.29, 1.82) is 0 Å². The second kappa shape index (κ2) is 4.30. The third kappa shape index (κ3) is 1.74. The van der Waals surface area contributed by atoms with Crippen molar-refractivity contribution in [1.82, 2.24) is 14.6 Å². The summed E-state index contributed by atoms with van der Waals surface area (Å²) in [6.07, 6.45) is 6.08. The molecule has 2 aromatic heterocycles. The van der Waals surface area contributed by atoms with Crippen molar-refractivity contribution in [3.63, 3.8) is 0 Å². The van der Waals surface area contributed by atoms with E-state index in [1.807, 2.05) is 23.7 Å². The predicted octanol–water partition coefficient (Wildman–Crippen LogP) is 3.22. The minimum atomic E-state index is 0.901. The topological polar surface area (TPSA) is 30.2 Å². The number of aromatic nitrogens is 3. The molecule has 1 aliphatic rings. The molecule has 2 heterocycles. The summed E-state index contributed by atoms with van der Waals surface area (Å²) >= 11 is 0. The highest BCUT2D eigenvalue weighted by molar-refractivity contribution is 5.74. The molecule has 0 unspecified atom stereocenters. The first-order valence-corrected chi connectivity index (χ1v) is 6.89. The summed E-state index contributed by atoms with van der Waals surface area (Å²) in [4.78, 5) is 4.50. The Kier molecular flexibility index (Phi) is 2.46. The zero-order valence-electron chi connectivity index (χ0n) is 11.4. The molecule has 3 nitrogen and oxygen atoms in total. The molecule has 3 aromatic rings. The summed E-state index contributed by atoms with van der Waals surface area (Å²) in [5.74, 6) is 0. The molecule has 0 saturated heterocycles. The molecule has 0 N–H and O–H groups in total. The average Bonchev–Trinajstić information content (AvgIpc) is 3.06. The van der Waals surface area contributed by atoms with Crippen LogP contribution in [0.3, 0.4) is 0 Å². The number of hydrogen-bond donors (Lipinski definition) is 0. The molecular formula is C17H15N3. The smallest absolute Gasteiger partial charge is 0.155 e. The Morgan fingerprint density at radius 1 is 1.20 bits per heavy atom. The Morgan fingerprint density at radius 2 is 2.10 bits per heavy atom. The number of benzene rings is 1. The van der Waals surface area contributed by atoms with Gasteiger partial charge in [-0.2, -0.15) is 5.10 Å². The van der Waals surface area contributed by atoms with Crippen LogP contribution in [0.5, 0.6) is 0 Å². The van der Waals surface area contributed by atoms with Gasteiger partial charge in [-0.1, -0.05) is 30.3 Å². The number of aryl methyl sites for hydroxylation is 1. The molecule has 0 fully saturated rings. The van der Waals surface area contributed by atoms with Gasteiger partial charge in [-0.15, -0.1) is 0 Å². The van der Waals surface area contributed by atoms with Gasteiger partial charge in [0.15, 0.2) is 5.65 Å². The van der Waals surface area contributed by atoms with Crippen molar-refractivity contribution in [3.8, 4) is 0 Å². The van der Waals surface area contributed by atoms with Crippen LogP contribution in [-0.4, -0.2) is 14.6 Å². The van der Waals surface area contributed by atoms with E-state index >= 15 is 0 Å². The first-order valence-electron chi connectivity index (χ1n) is 6.89. The number of hydrogen-bond acceptors (Lipinski definition) is 2. The predicted molar refractivity (Wildman–Crippen MR) is 79.6 cm³/mol. The second-order valence-corrected chi connectivity index (χ2v) is 5.26. The Morgan fingerprint density at radius 3 is 3.05 bits per heavy atom. The van der Waals surface area contributed by atoms with Crippen LogP contribution in [0.2, 0.25) is 0 Å². The third-order valence-corrected chi connectivity index (χ3v) is 3.86. The van der Waals surface area contributed by atoms with Crippen molar-refractivity contribution in [2.24, 2.45) is 0 Å². The molecule has 0 saturated carbocycles. The molecule has 20 heavy (non-hydrogen) atoms. The highest BCUT2D eigenvalue weighted by Gasteiger charge is 2.15. The van der Waals surface area contributed by atoms with Crippen LogP contribution >= 0.6 is 0 Å². The van der Waals surface area contributed by atoms with Gasteiger partial charge < -0.3 is 0 Å². The fourth-order valence-corrected chi connectivity index (χ4v) is 2.96. The van der Waals surface area contributed by atoms with Gasteiger partial charge in [0, 0.05) is 18.2 Å². The van der Waals surface area contributed by atoms with Crippen LogP contribution in [0.4, 0.5) is 0 Å². The molecule has 0 aliphatic heterocycles. The van der Waals surface area contributed by atoms with Gasteiger partial charge in [-0.3, -0.25) is 0 Å². The second-order valence-electron chi connectivity index (χ2n) is 5.26. The first-order chi connectivity index (χ1) is 9.81. The van der Waals surface area contributed by atoms with E-state index in [0.29, 0.717) is 0 Å². The minimum absolute atomic E-state index is 0.901. The van der Waals surface area contributed by atoms with Gasteiger partial charge in [-0.25, -0.2) is 9.50 Å². The Bertz CT molecular complexity index is 827. The average molecular weight is 261 g/mol. The van der Waals surface area contributed by atoms with Crippen LogP contribution in [0.25, 0.3) is 11.2 Å². The maximum Gasteiger partial charge on any atom is 0.155 e. The molecule has 4 rings (SSSR count). The van der Waals surface area contributed by atoms with Gasteiger partial charge in [0.25, 0.3) is 0 Å². The van der Waals surface area contributed by atoms with Crippen LogP contribution in [0.1, 0.15) is 22.5 Å². The highest BCUT2D eigenvalue weighted by Crippen LogP contribution is 2.29. The number of rotatable bonds is 2. The van der Waals surface area contributed by atoms with E-state index in [1.54, 1.807) is 0 Å². The van der Waals surface area contributed by atoms with E-state index in [9.17, 15) is 0 Å². The van der Waals surface area contributed by atoms with Crippen molar-refractivity contribution in [3.05, 3.63) is 71.2 Å². The standard InChI is InChI=1S/C17H15N3/c1-12-10-15(20-17(19-12)8-9-18-20)11-14-7-6-13-4-2-3-5-16(13)14/h2-5,7-10H,6,11H2,1H3. The van der Waals surface area contributed by atoms with Crippen molar-refractivity contribution in [2.45, 2.75) is 19.8 Å². The lowest BCUT2D eigenvalue weighted by atomic mass is 10.0. The maximum atomic E-state index is 4.50. The molecule has 0 bridgehead atoms. The summed E-state index contributed by atoms with van der Waals surface area (Å²) in [6.45, 7) is 2.04. The highest BCUT2D eigenvalue weighted by atomic mass is 15.2. The summed E-state index contributed by atoms with van der Waals surface area (Å²) in [5, 5.41) is 4.38. The van der Waals surface area contributed by atoms with Crippen molar-refractivity contribution in [2.75, 3.05) is 0 Å². The molecule has 0 radical (unpaired) electrons. The quantitative estimate of drug-likeness (QED) is 0.709. The molecule has 98 valence electrons. The fourth-order valence-electron chi connectivity index (χ4n) is 2.96. The molecule has 0 atom stereocenters. The Balaban J connectivity index is 1.78. The lowest BCUT2D eigenvalue weighted by Crippen LogP contribution is -2.02. The van der Waals surface area contributed by atoms with Gasteiger partial charge in [0.1, 0.15) is 0 Å². The summed E-state index contributed by atoms with van der Waals surface area (Å²) in [7, 11) is 0. The third-order valence-electron chi connectivity index (χ3n) is 3.86. The van der Waals surface area contributed by atoms with E-state index in [0.717, 1.165) is 24.2 Å². The fraction of sp³-hybridized carbons (Fsp3) is 0.176. The zero-order chi connectivity index (χ0) is 13.5. The van der Waals surface area contributed by atoms with Crippen molar-refractivity contribution < 1.29 is 0 Å². The monoisotopic (exact) mass is 261 g/mol. The summed E-state index contributed by atoms with van der Waals surface area (Å²) in [5.41, 5.74) is 7.35. The zero-order valence-corrected chi connectivity index (χ0v) is 11.4. The number of nitrogens with zero attached hydrogens (tertiary/aromatic N) is 3. The molecule has 1 aromatic carbocycles. The van der Waals surface area contributed by atoms with E-state index < -0.39 is 0 Å². The molecule has 3 heteroatoms. The van der Waals surface area contributed by atoms with E-state index in [2.05, 4.69) is 46.5 Å². The SMILES string of the molecule is Cc1cc(CC2=CCc3ccccc32)n2nccc2n1.